The van der Waals surface area contributed by atoms with Crippen molar-refractivity contribution in [2.24, 2.45) is 0 Å². The van der Waals surface area contributed by atoms with Crippen LogP contribution in [0.4, 0.5) is 0 Å². The van der Waals surface area contributed by atoms with Crippen molar-refractivity contribution in [2.45, 2.75) is 6.92 Å². The Morgan fingerprint density at radius 1 is 1.33 bits per heavy atom. The third-order valence-electron chi connectivity index (χ3n) is 2.17. The Kier molecular flexibility index (Phi) is 3.57. The smallest absolute Gasteiger partial charge is 0.337 e. The van der Waals surface area contributed by atoms with E-state index in [4.69, 9.17) is 9.84 Å². The molecule has 0 saturated carbocycles. The number of aromatic nitrogens is 2. The molecule has 0 amide bonds. The molecular formula is C12H9BrN2O3. The average Bonchev–Trinajstić information content (AvgIpc) is 2.33. The summed E-state index contributed by atoms with van der Waals surface area (Å²) in [6.45, 7) is 1.85. The van der Waals surface area contributed by atoms with Gasteiger partial charge in [0.2, 0.25) is 5.88 Å². The predicted molar refractivity (Wildman–Crippen MR) is 67.9 cm³/mol. The van der Waals surface area contributed by atoms with Crippen molar-refractivity contribution in [3.05, 3.63) is 46.3 Å². The van der Waals surface area contributed by atoms with Gasteiger partial charge >= 0.3 is 5.97 Å². The summed E-state index contributed by atoms with van der Waals surface area (Å²) in [7, 11) is 0. The third kappa shape index (κ3) is 2.84. The molecule has 0 unspecified atom stereocenters. The maximum atomic E-state index is 10.8. The fourth-order valence-corrected chi connectivity index (χ4v) is 1.78. The van der Waals surface area contributed by atoms with E-state index in [0.29, 0.717) is 11.6 Å². The first-order valence-electron chi connectivity index (χ1n) is 5.04. The van der Waals surface area contributed by atoms with E-state index in [1.54, 1.807) is 6.20 Å². The molecular weight excluding hydrogens is 300 g/mol. The van der Waals surface area contributed by atoms with Crippen molar-refractivity contribution in [2.75, 3.05) is 0 Å². The number of ether oxygens (including phenoxy) is 1. The van der Waals surface area contributed by atoms with Crippen LogP contribution >= 0.6 is 15.9 Å². The molecule has 0 aromatic carbocycles. The highest BCUT2D eigenvalue weighted by Crippen LogP contribution is 2.24. The van der Waals surface area contributed by atoms with Gasteiger partial charge in [0.15, 0.2) is 0 Å². The number of nitrogens with zero attached hydrogens (tertiary/aromatic N) is 2. The van der Waals surface area contributed by atoms with Crippen LogP contribution in [0.2, 0.25) is 0 Å². The van der Waals surface area contributed by atoms with Crippen molar-refractivity contribution >= 4 is 21.9 Å². The van der Waals surface area contributed by atoms with Gasteiger partial charge in [-0.1, -0.05) is 0 Å². The fraction of sp³-hybridized carbons (Fsp3) is 0.0833. The minimum atomic E-state index is -1.05. The largest absolute Gasteiger partial charge is 0.478 e. The first-order chi connectivity index (χ1) is 8.56. The summed E-state index contributed by atoms with van der Waals surface area (Å²) in [6.07, 6.45) is 4.31. The van der Waals surface area contributed by atoms with Crippen LogP contribution < -0.4 is 4.74 Å². The van der Waals surface area contributed by atoms with Gasteiger partial charge in [0.25, 0.3) is 0 Å². The number of carboxylic acids is 1. The lowest BCUT2D eigenvalue weighted by atomic mass is 10.3. The molecule has 18 heavy (non-hydrogen) atoms. The minimum absolute atomic E-state index is 0.0715. The number of aromatic carboxylic acids is 1. The average molecular weight is 309 g/mol. The molecule has 0 aliphatic heterocycles. The Bertz CT molecular complexity index is 602. The molecule has 2 rings (SSSR count). The van der Waals surface area contributed by atoms with Gasteiger partial charge in [-0.3, -0.25) is 4.98 Å². The summed E-state index contributed by atoms with van der Waals surface area (Å²) in [6, 6.07) is 3.26. The molecule has 2 heterocycles. The van der Waals surface area contributed by atoms with E-state index in [-0.39, 0.29) is 5.56 Å². The molecule has 0 saturated heterocycles. The molecule has 1 N–H and O–H groups in total. The molecule has 0 fully saturated rings. The van der Waals surface area contributed by atoms with Crippen LogP contribution in [0.1, 0.15) is 15.9 Å². The van der Waals surface area contributed by atoms with Gasteiger partial charge in [-0.15, -0.1) is 0 Å². The summed E-state index contributed by atoms with van der Waals surface area (Å²) in [5, 5.41) is 8.85. The number of halogens is 1. The van der Waals surface area contributed by atoms with Crippen molar-refractivity contribution in [3.8, 4) is 11.6 Å². The molecule has 92 valence electrons. The lowest BCUT2D eigenvalue weighted by Gasteiger charge is -2.07. The van der Waals surface area contributed by atoms with E-state index in [0.717, 1.165) is 10.0 Å². The number of pyridine rings is 2. The Labute approximate surface area is 112 Å². The van der Waals surface area contributed by atoms with Gasteiger partial charge in [0, 0.05) is 22.4 Å². The highest BCUT2D eigenvalue weighted by molar-refractivity contribution is 9.10. The number of carboxylic acid groups (broad SMARTS) is 1. The molecule has 0 radical (unpaired) electrons. The molecule has 5 nitrogen and oxygen atoms in total. The molecule has 6 heteroatoms. The number of hydrogen-bond donors (Lipinski definition) is 1. The molecule has 0 aliphatic carbocycles. The first kappa shape index (κ1) is 12.5. The van der Waals surface area contributed by atoms with Crippen LogP contribution in [0.25, 0.3) is 0 Å². The zero-order chi connectivity index (χ0) is 13.1. The van der Waals surface area contributed by atoms with E-state index < -0.39 is 5.97 Å². The monoisotopic (exact) mass is 308 g/mol. The normalized spacial score (nSPS) is 10.1. The highest BCUT2D eigenvalue weighted by atomic mass is 79.9. The quantitative estimate of drug-likeness (QED) is 0.943. The molecule has 0 atom stereocenters. The second kappa shape index (κ2) is 5.14. The SMILES string of the molecule is Cc1cc(Br)cnc1Oc1cncc(C(=O)O)c1. The van der Waals surface area contributed by atoms with Crippen LogP contribution in [-0.2, 0) is 0 Å². The third-order valence-corrected chi connectivity index (χ3v) is 2.61. The summed E-state index contributed by atoms with van der Waals surface area (Å²) < 4.78 is 6.35. The van der Waals surface area contributed by atoms with Crippen LogP contribution in [0.5, 0.6) is 11.6 Å². The van der Waals surface area contributed by atoms with E-state index in [2.05, 4.69) is 25.9 Å². The molecule has 2 aromatic heterocycles. The summed E-state index contributed by atoms with van der Waals surface area (Å²) in [4.78, 5) is 18.7. The summed E-state index contributed by atoms with van der Waals surface area (Å²) in [5.74, 6) is -0.288. The predicted octanol–water partition coefficient (Wildman–Crippen LogP) is 3.04. The molecule has 0 bridgehead atoms. The van der Waals surface area contributed by atoms with Crippen molar-refractivity contribution < 1.29 is 14.6 Å². The maximum absolute atomic E-state index is 10.8. The van der Waals surface area contributed by atoms with Crippen LogP contribution in [0.15, 0.2) is 35.2 Å². The topological polar surface area (TPSA) is 72.3 Å². The lowest BCUT2D eigenvalue weighted by Crippen LogP contribution is -1.98. The highest BCUT2D eigenvalue weighted by Gasteiger charge is 2.08. The standard InChI is InChI=1S/C12H9BrN2O3/c1-7-2-9(13)5-15-11(7)18-10-3-8(12(16)17)4-14-6-10/h2-6H,1H3,(H,16,17). The van der Waals surface area contributed by atoms with Crippen LogP contribution in [0.3, 0.4) is 0 Å². The maximum Gasteiger partial charge on any atom is 0.337 e. The van der Waals surface area contributed by atoms with Gasteiger partial charge in [-0.25, -0.2) is 9.78 Å². The zero-order valence-corrected chi connectivity index (χ0v) is 11.0. The lowest BCUT2D eigenvalue weighted by molar-refractivity contribution is 0.0696. The van der Waals surface area contributed by atoms with E-state index in [9.17, 15) is 4.79 Å². The van der Waals surface area contributed by atoms with Crippen molar-refractivity contribution in [1.82, 2.24) is 9.97 Å². The Morgan fingerprint density at radius 2 is 2.11 bits per heavy atom. The summed E-state index contributed by atoms with van der Waals surface area (Å²) in [5.41, 5.74) is 0.910. The fourth-order valence-electron chi connectivity index (χ4n) is 1.34. The van der Waals surface area contributed by atoms with Crippen molar-refractivity contribution in [3.63, 3.8) is 0 Å². The van der Waals surface area contributed by atoms with E-state index in [1.165, 1.54) is 18.5 Å². The Hall–Kier alpha value is -1.95. The zero-order valence-electron chi connectivity index (χ0n) is 9.42. The second-order valence-corrected chi connectivity index (χ2v) is 4.51. The Morgan fingerprint density at radius 3 is 2.78 bits per heavy atom. The minimum Gasteiger partial charge on any atom is -0.478 e. The van der Waals surface area contributed by atoms with E-state index >= 15 is 0 Å². The second-order valence-electron chi connectivity index (χ2n) is 3.59. The van der Waals surface area contributed by atoms with Crippen LogP contribution in [-0.4, -0.2) is 21.0 Å². The van der Waals surface area contributed by atoms with Crippen LogP contribution in [0, 0.1) is 6.92 Å². The molecule has 0 spiro atoms. The Balaban J connectivity index is 2.28. The van der Waals surface area contributed by atoms with Gasteiger partial charge in [-0.05, 0) is 35.0 Å². The molecule has 2 aromatic rings. The first-order valence-corrected chi connectivity index (χ1v) is 5.84. The van der Waals surface area contributed by atoms with E-state index in [1.807, 2.05) is 13.0 Å². The van der Waals surface area contributed by atoms with Gasteiger partial charge in [-0.2, -0.15) is 0 Å². The van der Waals surface area contributed by atoms with Gasteiger partial charge in [0.05, 0.1) is 11.8 Å². The number of rotatable bonds is 3. The number of carbonyl (C=O) groups is 1. The molecule has 0 aliphatic rings. The number of hydrogen-bond acceptors (Lipinski definition) is 4. The van der Waals surface area contributed by atoms with Gasteiger partial charge < -0.3 is 9.84 Å². The summed E-state index contributed by atoms with van der Waals surface area (Å²) >= 11 is 3.30. The van der Waals surface area contributed by atoms with Gasteiger partial charge in [0.1, 0.15) is 5.75 Å². The van der Waals surface area contributed by atoms with Crippen molar-refractivity contribution in [1.29, 1.82) is 0 Å². The number of aryl methyl sites for hydroxylation is 1.